The third-order valence-corrected chi connectivity index (χ3v) is 4.56. The number of alkyl halides is 1. The van der Waals surface area contributed by atoms with Crippen molar-refractivity contribution in [1.29, 1.82) is 0 Å². The third kappa shape index (κ3) is 2.08. The molecule has 3 rings (SSSR count). The molecular formula is C16H17ClO. The van der Waals surface area contributed by atoms with Gasteiger partial charge in [-0.15, -0.1) is 11.6 Å². The van der Waals surface area contributed by atoms with Gasteiger partial charge in [0.2, 0.25) is 0 Å². The molecule has 94 valence electrons. The fraction of sp³-hybridized carbons (Fsp3) is 0.375. The minimum Gasteiger partial charge on any atom is -0.497 e. The second-order valence-electron chi connectivity index (χ2n) is 5.07. The summed E-state index contributed by atoms with van der Waals surface area (Å²) in [7, 11) is 1.70. The van der Waals surface area contributed by atoms with Crippen LogP contribution < -0.4 is 4.74 Å². The van der Waals surface area contributed by atoms with E-state index >= 15 is 0 Å². The highest BCUT2D eigenvalue weighted by Crippen LogP contribution is 2.42. The number of methoxy groups -OCH3 is 1. The minimum atomic E-state index is 0.172. The van der Waals surface area contributed by atoms with Crippen LogP contribution in [0.2, 0.25) is 0 Å². The summed E-state index contributed by atoms with van der Waals surface area (Å²) >= 11 is 6.54. The summed E-state index contributed by atoms with van der Waals surface area (Å²) in [5, 5.41) is 2.61. The first kappa shape index (κ1) is 11.9. The molecule has 2 aromatic carbocycles. The molecule has 0 heterocycles. The molecule has 1 saturated carbocycles. The lowest BCUT2D eigenvalue weighted by atomic mass is 9.80. The van der Waals surface area contributed by atoms with Gasteiger partial charge in [-0.1, -0.05) is 24.6 Å². The van der Waals surface area contributed by atoms with Crippen molar-refractivity contribution < 1.29 is 4.74 Å². The van der Waals surface area contributed by atoms with E-state index in [4.69, 9.17) is 16.3 Å². The van der Waals surface area contributed by atoms with E-state index in [9.17, 15) is 0 Å². The van der Waals surface area contributed by atoms with Gasteiger partial charge in [0.15, 0.2) is 0 Å². The summed E-state index contributed by atoms with van der Waals surface area (Å²) in [6, 6.07) is 12.7. The summed E-state index contributed by atoms with van der Waals surface area (Å²) < 4.78 is 5.24. The van der Waals surface area contributed by atoms with Gasteiger partial charge in [-0.25, -0.2) is 0 Å². The van der Waals surface area contributed by atoms with Crippen LogP contribution in [0.3, 0.4) is 0 Å². The second kappa shape index (κ2) is 4.81. The van der Waals surface area contributed by atoms with Gasteiger partial charge in [-0.2, -0.15) is 0 Å². The lowest BCUT2D eigenvalue weighted by Gasteiger charge is -2.30. The molecule has 0 bridgehead atoms. The molecule has 1 atom stereocenters. The molecule has 18 heavy (non-hydrogen) atoms. The summed E-state index contributed by atoms with van der Waals surface area (Å²) in [4.78, 5) is 0. The molecular weight excluding hydrogens is 244 g/mol. The number of halogens is 1. The topological polar surface area (TPSA) is 9.23 Å². The number of hydrogen-bond acceptors (Lipinski definition) is 1. The maximum Gasteiger partial charge on any atom is 0.119 e. The Morgan fingerprint density at radius 2 is 1.83 bits per heavy atom. The number of ether oxygens (including phenoxy) is 1. The fourth-order valence-electron chi connectivity index (χ4n) is 2.55. The predicted octanol–water partition coefficient (Wildman–Crippen LogP) is 4.93. The van der Waals surface area contributed by atoms with Crippen LogP contribution in [-0.2, 0) is 0 Å². The van der Waals surface area contributed by atoms with Crippen molar-refractivity contribution in [3.63, 3.8) is 0 Å². The molecule has 0 spiro atoms. The van der Waals surface area contributed by atoms with Gasteiger partial charge in [0.25, 0.3) is 0 Å². The number of rotatable bonds is 3. The zero-order chi connectivity index (χ0) is 12.5. The van der Waals surface area contributed by atoms with Gasteiger partial charge in [0.1, 0.15) is 5.75 Å². The van der Waals surface area contributed by atoms with Crippen molar-refractivity contribution in [2.24, 2.45) is 5.92 Å². The SMILES string of the molecule is COc1ccc2cc(C(Cl)C3CCC3)ccc2c1. The van der Waals surface area contributed by atoms with Crippen molar-refractivity contribution in [1.82, 2.24) is 0 Å². The van der Waals surface area contributed by atoms with E-state index < -0.39 is 0 Å². The van der Waals surface area contributed by atoms with Crippen LogP contribution in [0.1, 0.15) is 30.2 Å². The van der Waals surface area contributed by atoms with Crippen LogP contribution in [0.4, 0.5) is 0 Å². The van der Waals surface area contributed by atoms with Crippen LogP contribution >= 0.6 is 11.6 Å². The van der Waals surface area contributed by atoms with Crippen LogP contribution in [0.5, 0.6) is 5.75 Å². The van der Waals surface area contributed by atoms with Gasteiger partial charge in [-0.05, 0) is 53.3 Å². The first-order chi connectivity index (χ1) is 8.78. The average molecular weight is 261 g/mol. The Balaban J connectivity index is 1.95. The first-order valence-electron chi connectivity index (χ1n) is 6.50. The Bertz CT molecular complexity index is 560. The van der Waals surface area contributed by atoms with E-state index in [1.54, 1.807) is 7.11 Å². The largest absolute Gasteiger partial charge is 0.497 e. The van der Waals surface area contributed by atoms with Crippen LogP contribution in [0.15, 0.2) is 36.4 Å². The molecule has 1 nitrogen and oxygen atoms in total. The van der Waals surface area contributed by atoms with Gasteiger partial charge >= 0.3 is 0 Å². The van der Waals surface area contributed by atoms with Gasteiger partial charge < -0.3 is 4.74 Å². The van der Waals surface area contributed by atoms with Crippen molar-refractivity contribution in [2.75, 3.05) is 7.11 Å². The smallest absolute Gasteiger partial charge is 0.119 e. The first-order valence-corrected chi connectivity index (χ1v) is 6.93. The molecule has 2 heteroatoms. The normalized spacial score (nSPS) is 17.4. The molecule has 0 N–H and O–H groups in total. The highest BCUT2D eigenvalue weighted by Gasteiger charge is 2.26. The van der Waals surface area contributed by atoms with E-state index in [2.05, 4.69) is 30.3 Å². The molecule has 0 aliphatic heterocycles. The molecule has 1 unspecified atom stereocenters. The Hall–Kier alpha value is -1.21. The molecule has 0 radical (unpaired) electrons. The van der Waals surface area contributed by atoms with Crippen LogP contribution in [0, 0.1) is 5.92 Å². The van der Waals surface area contributed by atoms with E-state index in [-0.39, 0.29) is 5.38 Å². The standard InChI is InChI=1S/C16H17ClO/c1-18-15-8-7-12-9-14(6-5-13(12)10-15)16(17)11-3-2-4-11/h5-11,16H,2-4H2,1H3. The molecule has 0 amide bonds. The van der Waals surface area contributed by atoms with Crippen LogP contribution in [-0.4, -0.2) is 7.11 Å². The second-order valence-corrected chi connectivity index (χ2v) is 5.54. The molecule has 0 aromatic heterocycles. The Morgan fingerprint density at radius 1 is 1.11 bits per heavy atom. The monoisotopic (exact) mass is 260 g/mol. The number of benzene rings is 2. The maximum absolute atomic E-state index is 6.54. The lowest BCUT2D eigenvalue weighted by molar-refractivity contribution is 0.305. The van der Waals surface area contributed by atoms with E-state index in [1.165, 1.54) is 35.6 Å². The predicted molar refractivity (Wildman–Crippen MR) is 76.4 cm³/mol. The summed E-state index contributed by atoms with van der Waals surface area (Å²) in [5.41, 5.74) is 1.25. The Kier molecular flexibility index (Phi) is 3.17. The quantitative estimate of drug-likeness (QED) is 0.711. The Labute approximate surface area is 113 Å². The van der Waals surface area contributed by atoms with Crippen molar-refractivity contribution in [2.45, 2.75) is 24.6 Å². The summed E-state index contributed by atoms with van der Waals surface area (Å²) in [6.07, 6.45) is 3.88. The fourth-order valence-corrected chi connectivity index (χ4v) is 2.93. The van der Waals surface area contributed by atoms with E-state index in [0.717, 1.165) is 5.75 Å². The zero-order valence-electron chi connectivity index (χ0n) is 10.5. The maximum atomic E-state index is 6.54. The molecule has 1 aliphatic carbocycles. The number of fused-ring (bicyclic) bond motifs is 1. The average Bonchev–Trinajstić information content (AvgIpc) is 2.35. The van der Waals surface area contributed by atoms with E-state index in [0.29, 0.717) is 5.92 Å². The highest BCUT2D eigenvalue weighted by molar-refractivity contribution is 6.21. The van der Waals surface area contributed by atoms with Crippen molar-refractivity contribution >= 4 is 22.4 Å². The molecule has 2 aromatic rings. The van der Waals surface area contributed by atoms with Gasteiger partial charge in [-0.3, -0.25) is 0 Å². The highest BCUT2D eigenvalue weighted by atomic mass is 35.5. The lowest BCUT2D eigenvalue weighted by Crippen LogP contribution is -2.16. The van der Waals surface area contributed by atoms with Crippen molar-refractivity contribution in [3.05, 3.63) is 42.0 Å². The van der Waals surface area contributed by atoms with E-state index in [1.807, 2.05) is 6.07 Å². The summed E-state index contributed by atoms with van der Waals surface area (Å²) in [6.45, 7) is 0. The third-order valence-electron chi connectivity index (χ3n) is 3.95. The van der Waals surface area contributed by atoms with Gasteiger partial charge in [0, 0.05) is 0 Å². The van der Waals surface area contributed by atoms with Crippen LogP contribution in [0.25, 0.3) is 10.8 Å². The van der Waals surface area contributed by atoms with Gasteiger partial charge in [0.05, 0.1) is 12.5 Å². The minimum absolute atomic E-state index is 0.172. The molecule has 1 fully saturated rings. The number of hydrogen-bond donors (Lipinski definition) is 0. The molecule has 0 saturated heterocycles. The Morgan fingerprint density at radius 3 is 2.50 bits per heavy atom. The van der Waals surface area contributed by atoms with Crippen molar-refractivity contribution in [3.8, 4) is 5.75 Å². The zero-order valence-corrected chi connectivity index (χ0v) is 11.3. The summed E-state index contributed by atoms with van der Waals surface area (Å²) in [5.74, 6) is 1.57. The molecule has 1 aliphatic rings.